The van der Waals surface area contributed by atoms with Crippen LogP contribution in [-0.4, -0.2) is 34.5 Å². The van der Waals surface area contributed by atoms with Gasteiger partial charge >= 0.3 is 5.97 Å². The Kier molecular flexibility index (Phi) is 5.30. The van der Waals surface area contributed by atoms with Crippen molar-refractivity contribution in [1.82, 2.24) is 9.55 Å². The standard InChI is InChI=1S/C20H18N2O5/c1-13(19(24)14-7-9-15(26-2)10-8-14)27-18(23)11-22-12-21-17-6-4-3-5-16(17)20(22)25/h3-10,12-13H,11H2,1-2H3/t13-/m1/s1. The minimum absolute atomic E-state index is 0.323. The molecule has 0 unspecified atom stereocenters. The largest absolute Gasteiger partial charge is 0.497 e. The molecular weight excluding hydrogens is 348 g/mol. The van der Waals surface area contributed by atoms with Gasteiger partial charge in [0, 0.05) is 5.56 Å². The van der Waals surface area contributed by atoms with Crippen LogP contribution in [0.2, 0.25) is 0 Å². The fraction of sp³-hybridized carbons (Fsp3) is 0.200. The molecule has 0 aliphatic heterocycles. The molecule has 1 atom stereocenters. The quantitative estimate of drug-likeness (QED) is 0.491. The van der Waals surface area contributed by atoms with Gasteiger partial charge in [0.2, 0.25) is 5.78 Å². The molecule has 0 aliphatic carbocycles. The van der Waals surface area contributed by atoms with Crippen LogP contribution in [0.15, 0.2) is 59.7 Å². The van der Waals surface area contributed by atoms with E-state index in [9.17, 15) is 14.4 Å². The molecule has 0 N–H and O–H groups in total. The Bertz CT molecular complexity index is 1040. The van der Waals surface area contributed by atoms with Gasteiger partial charge in [0.15, 0.2) is 6.10 Å². The number of nitrogens with zero attached hydrogens (tertiary/aromatic N) is 2. The van der Waals surface area contributed by atoms with Crippen molar-refractivity contribution in [3.05, 3.63) is 70.8 Å². The topological polar surface area (TPSA) is 87.5 Å². The van der Waals surface area contributed by atoms with Crippen LogP contribution in [0.3, 0.4) is 0 Å². The summed E-state index contributed by atoms with van der Waals surface area (Å²) < 4.78 is 11.4. The molecule has 0 radical (unpaired) electrons. The van der Waals surface area contributed by atoms with Crippen molar-refractivity contribution in [2.24, 2.45) is 0 Å². The number of fused-ring (bicyclic) bond motifs is 1. The van der Waals surface area contributed by atoms with Crippen molar-refractivity contribution < 1.29 is 19.1 Å². The van der Waals surface area contributed by atoms with Crippen LogP contribution < -0.4 is 10.3 Å². The van der Waals surface area contributed by atoms with E-state index >= 15 is 0 Å². The van der Waals surface area contributed by atoms with Crippen molar-refractivity contribution in [1.29, 1.82) is 0 Å². The van der Waals surface area contributed by atoms with Crippen LogP contribution in [0.5, 0.6) is 5.75 Å². The van der Waals surface area contributed by atoms with E-state index in [1.165, 1.54) is 20.4 Å². The van der Waals surface area contributed by atoms with Crippen LogP contribution in [0.4, 0.5) is 0 Å². The van der Waals surface area contributed by atoms with Gasteiger partial charge in [-0.05, 0) is 43.3 Å². The van der Waals surface area contributed by atoms with Gasteiger partial charge < -0.3 is 9.47 Å². The lowest BCUT2D eigenvalue weighted by Crippen LogP contribution is -2.30. The van der Waals surface area contributed by atoms with Crippen molar-refractivity contribution in [3.8, 4) is 5.75 Å². The van der Waals surface area contributed by atoms with Crippen LogP contribution in [0.1, 0.15) is 17.3 Å². The Morgan fingerprint density at radius 3 is 2.52 bits per heavy atom. The minimum atomic E-state index is -0.977. The Morgan fingerprint density at radius 2 is 1.81 bits per heavy atom. The molecule has 0 amide bonds. The minimum Gasteiger partial charge on any atom is -0.497 e. The van der Waals surface area contributed by atoms with Gasteiger partial charge in [0.05, 0.1) is 24.3 Å². The van der Waals surface area contributed by atoms with E-state index in [1.807, 2.05) is 0 Å². The number of esters is 1. The molecule has 7 heteroatoms. The van der Waals surface area contributed by atoms with Crippen LogP contribution in [0, 0.1) is 0 Å². The highest BCUT2D eigenvalue weighted by Crippen LogP contribution is 2.14. The average molecular weight is 366 g/mol. The molecule has 27 heavy (non-hydrogen) atoms. The zero-order valence-electron chi connectivity index (χ0n) is 14.9. The molecule has 2 aromatic carbocycles. The lowest BCUT2D eigenvalue weighted by atomic mass is 10.1. The van der Waals surface area contributed by atoms with E-state index in [1.54, 1.807) is 48.5 Å². The number of hydrogen-bond donors (Lipinski definition) is 0. The summed E-state index contributed by atoms with van der Waals surface area (Å²) in [5.74, 6) is -0.405. The number of Topliss-reactive ketones (excluding diaryl/α,β-unsaturated/α-hetero) is 1. The Labute approximate surface area is 155 Å². The summed E-state index contributed by atoms with van der Waals surface area (Å²) in [6, 6.07) is 13.4. The monoisotopic (exact) mass is 366 g/mol. The fourth-order valence-electron chi connectivity index (χ4n) is 2.64. The van der Waals surface area contributed by atoms with Crippen molar-refractivity contribution in [3.63, 3.8) is 0 Å². The van der Waals surface area contributed by atoms with Crippen LogP contribution >= 0.6 is 0 Å². The maximum atomic E-state index is 12.4. The highest BCUT2D eigenvalue weighted by molar-refractivity contribution is 6.00. The van der Waals surface area contributed by atoms with Gasteiger partial charge in [-0.1, -0.05) is 12.1 Å². The summed E-state index contributed by atoms with van der Waals surface area (Å²) in [5.41, 5.74) is 0.613. The molecule has 0 saturated heterocycles. The molecule has 1 aromatic heterocycles. The molecular formula is C20H18N2O5. The van der Waals surface area contributed by atoms with E-state index in [0.29, 0.717) is 22.2 Å². The normalized spacial score (nSPS) is 11.8. The molecule has 138 valence electrons. The van der Waals surface area contributed by atoms with Crippen molar-refractivity contribution in [2.75, 3.05) is 7.11 Å². The summed E-state index contributed by atoms with van der Waals surface area (Å²) in [6.07, 6.45) is 0.317. The fourth-order valence-corrected chi connectivity index (χ4v) is 2.64. The summed E-state index contributed by atoms with van der Waals surface area (Å²) >= 11 is 0. The average Bonchev–Trinajstić information content (AvgIpc) is 2.69. The van der Waals surface area contributed by atoms with Gasteiger partial charge in [0.1, 0.15) is 12.3 Å². The molecule has 0 saturated carbocycles. The van der Waals surface area contributed by atoms with Crippen LogP contribution in [-0.2, 0) is 16.1 Å². The number of methoxy groups -OCH3 is 1. The third kappa shape index (κ3) is 4.03. The summed E-state index contributed by atoms with van der Waals surface area (Å²) in [5, 5.41) is 0.412. The molecule has 0 bridgehead atoms. The maximum absolute atomic E-state index is 12.4. The zero-order valence-corrected chi connectivity index (χ0v) is 14.9. The number of carbonyl (C=O) groups is 2. The van der Waals surface area contributed by atoms with Gasteiger partial charge in [-0.25, -0.2) is 4.98 Å². The first kappa shape index (κ1) is 18.3. The van der Waals surface area contributed by atoms with E-state index in [0.717, 1.165) is 4.57 Å². The Balaban J connectivity index is 1.69. The second-order valence-electron chi connectivity index (χ2n) is 5.92. The number of aromatic nitrogens is 2. The van der Waals surface area contributed by atoms with E-state index in [2.05, 4.69) is 4.98 Å². The Hall–Kier alpha value is -3.48. The molecule has 3 aromatic rings. The van der Waals surface area contributed by atoms with E-state index < -0.39 is 12.1 Å². The number of carbonyl (C=O) groups excluding carboxylic acids is 2. The Morgan fingerprint density at radius 1 is 1.11 bits per heavy atom. The number of hydrogen-bond acceptors (Lipinski definition) is 6. The second-order valence-corrected chi connectivity index (χ2v) is 5.92. The second kappa shape index (κ2) is 7.82. The summed E-state index contributed by atoms with van der Waals surface area (Å²) in [4.78, 5) is 41.1. The lowest BCUT2D eigenvalue weighted by Gasteiger charge is -2.13. The SMILES string of the molecule is COc1ccc(C(=O)[C@@H](C)OC(=O)Cn2cnc3ccccc3c2=O)cc1. The number of ketones is 1. The molecule has 0 aliphatic rings. The van der Waals surface area contributed by atoms with Crippen molar-refractivity contribution in [2.45, 2.75) is 19.6 Å². The smallest absolute Gasteiger partial charge is 0.326 e. The number of benzene rings is 2. The van der Waals surface area contributed by atoms with Gasteiger partial charge in [0.25, 0.3) is 5.56 Å². The molecule has 1 heterocycles. The number of rotatable bonds is 6. The number of para-hydroxylation sites is 1. The molecule has 7 nitrogen and oxygen atoms in total. The van der Waals surface area contributed by atoms with Crippen molar-refractivity contribution >= 4 is 22.7 Å². The summed E-state index contributed by atoms with van der Waals surface area (Å²) in [7, 11) is 1.53. The predicted octanol–water partition coefficient (Wildman–Crippen LogP) is 2.22. The van der Waals surface area contributed by atoms with Gasteiger partial charge in [-0.15, -0.1) is 0 Å². The molecule has 0 fully saturated rings. The first-order valence-electron chi connectivity index (χ1n) is 8.31. The summed E-state index contributed by atoms with van der Waals surface area (Å²) in [6.45, 7) is 1.17. The number of ether oxygens (including phenoxy) is 2. The molecule has 3 rings (SSSR count). The van der Waals surface area contributed by atoms with Gasteiger partial charge in [-0.2, -0.15) is 0 Å². The highest BCUT2D eigenvalue weighted by atomic mass is 16.5. The molecule has 0 spiro atoms. The third-order valence-corrected chi connectivity index (χ3v) is 4.08. The van der Waals surface area contributed by atoms with Gasteiger partial charge in [-0.3, -0.25) is 19.0 Å². The maximum Gasteiger partial charge on any atom is 0.326 e. The van der Waals surface area contributed by atoms with Crippen LogP contribution in [0.25, 0.3) is 10.9 Å². The first-order chi connectivity index (χ1) is 13.0. The van der Waals surface area contributed by atoms with E-state index in [4.69, 9.17) is 9.47 Å². The third-order valence-electron chi connectivity index (χ3n) is 4.08. The first-order valence-corrected chi connectivity index (χ1v) is 8.31. The highest BCUT2D eigenvalue weighted by Gasteiger charge is 2.20. The predicted molar refractivity (Wildman–Crippen MR) is 98.9 cm³/mol. The lowest BCUT2D eigenvalue weighted by molar-refractivity contribution is -0.147. The van der Waals surface area contributed by atoms with E-state index in [-0.39, 0.29) is 17.9 Å². The zero-order chi connectivity index (χ0) is 19.4.